The van der Waals surface area contributed by atoms with Crippen LogP contribution in [0, 0.1) is 6.92 Å². The summed E-state index contributed by atoms with van der Waals surface area (Å²) in [6, 6.07) is 13.4. The van der Waals surface area contributed by atoms with Crippen molar-refractivity contribution in [2.75, 3.05) is 0 Å². The van der Waals surface area contributed by atoms with Gasteiger partial charge in [-0.05, 0) is 17.9 Å². The smallest absolute Gasteiger partial charge is 0.189 e. The highest BCUT2D eigenvalue weighted by Crippen LogP contribution is 2.07. The summed E-state index contributed by atoms with van der Waals surface area (Å²) < 4.78 is 0. The van der Waals surface area contributed by atoms with Crippen molar-refractivity contribution in [3.05, 3.63) is 58.3 Å². The van der Waals surface area contributed by atoms with Crippen LogP contribution < -0.4 is 5.43 Å². The fraction of sp³-hybridized carbons (Fsp3) is 0.0833. The maximum absolute atomic E-state index is 11.7. The van der Waals surface area contributed by atoms with Crippen LogP contribution in [0.1, 0.15) is 5.56 Å². The van der Waals surface area contributed by atoms with E-state index in [1.807, 2.05) is 49.4 Å². The Kier molecular flexibility index (Phi) is 1.85. The quantitative estimate of drug-likeness (QED) is 0.593. The monoisotopic (exact) mass is 170 g/mol. The molecule has 0 aliphatic rings. The summed E-state index contributed by atoms with van der Waals surface area (Å²) in [6.07, 6.45) is 0. The van der Waals surface area contributed by atoms with Gasteiger partial charge in [0.1, 0.15) is 0 Å². The molecule has 0 spiro atoms. The number of hydrogen-bond donors (Lipinski definition) is 0. The predicted octanol–water partition coefficient (Wildman–Crippen LogP) is 2.51. The second-order valence-electron chi connectivity index (χ2n) is 3.13. The van der Waals surface area contributed by atoms with Gasteiger partial charge >= 0.3 is 0 Å². The van der Waals surface area contributed by atoms with Crippen LogP contribution in [0.4, 0.5) is 0 Å². The molecule has 0 radical (unpaired) electrons. The summed E-state index contributed by atoms with van der Waals surface area (Å²) in [5, 5.41) is 1.80. The minimum absolute atomic E-state index is 0.126. The zero-order chi connectivity index (χ0) is 9.26. The number of rotatable bonds is 0. The molecule has 0 aromatic heterocycles. The van der Waals surface area contributed by atoms with Gasteiger partial charge in [-0.15, -0.1) is 0 Å². The van der Waals surface area contributed by atoms with Crippen molar-refractivity contribution in [2.45, 2.75) is 6.92 Å². The van der Waals surface area contributed by atoms with Crippen LogP contribution in [-0.2, 0) is 0 Å². The van der Waals surface area contributed by atoms with Crippen molar-refractivity contribution >= 4 is 10.8 Å². The van der Waals surface area contributed by atoms with E-state index < -0.39 is 0 Å². The molecule has 1 heteroatoms. The summed E-state index contributed by atoms with van der Waals surface area (Å²) >= 11 is 0. The number of fused-ring (bicyclic) bond motifs is 1. The van der Waals surface area contributed by atoms with E-state index in [-0.39, 0.29) is 5.43 Å². The van der Waals surface area contributed by atoms with Crippen LogP contribution in [-0.4, -0.2) is 0 Å². The topological polar surface area (TPSA) is 17.1 Å². The van der Waals surface area contributed by atoms with Gasteiger partial charge in [-0.3, -0.25) is 4.79 Å². The lowest BCUT2D eigenvalue weighted by atomic mass is 10.2. The first-order valence-electron chi connectivity index (χ1n) is 4.28. The summed E-state index contributed by atoms with van der Waals surface area (Å²) in [4.78, 5) is 11.7. The van der Waals surface area contributed by atoms with E-state index in [4.69, 9.17) is 0 Å². The van der Waals surface area contributed by atoms with E-state index >= 15 is 0 Å². The second-order valence-corrected chi connectivity index (χ2v) is 3.13. The Bertz CT molecular complexity index is 500. The average Bonchev–Trinajstić information content (AvgIpc) is 2.29. The summed E-state index contributed by atoms with van der Waals surface area (Å²) in [6.45, 7) is 1.84. The lowest BCUT2D eigenvalue weighted by Gasteiger charge is -1.88. The third-order valence-electron chi connectivity index (χ3n) is 2.19. The van der Waals surface area contributed by atoms with Crippen molar-refractivity contribution in [1.29, 1.82) is 0 Å². The fourth-order valence-corrected chi connectivity index (χ4v) is 1.43. The standard InChI is InChI=1S/C12H10O/c1-9-5-4-7-10-6-2-3-8-11(10)12(9)13/h2-8H,1H3. The lowest BCUT2D eigenvalue weighted by Crippen LogP contribution is -2.00. The third-order valence-corrected chi connectivity index (χ3v) is 2.19. The molecule has 0 amide bonds. The van der Waals surface area contributed by atoms with E-state index in [1.165, 1.54) is 0 Å². The number of benzene rings is 1. The molecular formula is C12H10O. The highest BCUT2D eigenvalue weighted by molar-refractivity contribution is 5.81. The van der Waals surface area contributed by atoms with Gasteiger partial charge < -0.3 is 0 Å². The molecule has 64 valence electrons. The van der Waals surface area contributed by atoms with Crippen molar-refractivity contribution in [3.63, 3.8) is 0 Å². The van der Waals surface area contributed by atoms with Crippen LogP contribution in [0.25, 0.3) is 10.8 Å². The minimum atomic E-state index is 0.126. The Morgan fingerprint density at radius 3 is 2.46 bits per heavy atom. The van der Waals surface area contributed by atoms with Crippen LogP contribution in [0.15, 0.2) is 47.3 Å². The molecular weight excluding hydrogens is 160 g/mol. The Balaban J connectivity index is 3.06. The number of hydrogen-bond acceptors (Lipinski definition) is 1. The molecule has 0 aliphatic heterocycles. The summed E-state index contributed by atoms with van der Waals surface area (Å²) in [5.74, 6) is 0. The molecule has 0 fully saturated rings. The van der Waals surface area contributed by atoms with Crippen molar-refractivity contribution in [2.24, 2.45) is 0 Å². The zero-order valence-corrected chi connectivity index (χ0v) is 7.45. The van der Waals surface area contributed by atoms with Crippen molar-refractivity contribution in [1.82, 2.24) is 0 Å². The lowest BCUT2D eigenvalue weighted by molar-refractivity contribution is 1.46. The van der Waals surface area contributed by atoms with Crippen LogP contribution in [0.5, 0.6) is 0 Å². The first-order valence-corrected chi connectivity index (χ1v) is 4.28. The van der Waals surface area contributed by atoms with E-state index in [1.54, 1.807) is 0 Å². The largest absolute Gasteiger partial charge is 0.289 e. The van der Waals surface area contributed by atoms with Gasteiger partial charge in [0, 0.05) is 5.39 Å². The molecule has 13 heavy (non-hydrogen) atoms. The summed E-state index contributed by atoms with van der Waals surface area (Å²) in [7, 11) is 0. The van der Waals surface area contributed by atoms with Gasteiger partial charge in [-0.1, -0.05) is 42.5 Å². The van der Waals surface area contributed by atoms with Gasteiger partial charge in [-0.2, -0.15) is 0 Å². The molecule has 0 saturated heterocycles. The number of aryl methyl sites for hydroxylation is 1. The minimum Gasteiger partial charge on any atom is -0.289 e. The Hall–Kier alpha value is -1.63. The Morgan fingerprint density at radius 2 is 1.62 bits per heavy atom. The molecule has 0 aliphatic carbocycles. The first kappa shape index (κ1) is 7.99. The molecule has 1 nitrogen and oxygen atoms in total. The molecule has 0 unspecified atom stereocenters. The SMILES string of the molecule is Cc1cccc2ccccc2c1=O. The van der Waals surface area contributed by atoms with Crippen LogP contribution >= 0.6 is 0 Å². The highest BCUT2D eigenvalue weighted by atomic mass is 16.1. The summed E-state index contributed by atoms with van der Waals surface area (Å²) in [5.41, 5.74) is 0.918. The van der Waals surface area contributed by atoms with Crippen LogP contribution in [0.2, 0.25) is 0 Å². The van der Waals surface area contributed by atoms with Gasteiger partial charge in [0.15, 0.2) is 5.43 Å². The van der Waals surface area contributed by atoms with E-state index in [9.17, 15) is 4.79 Å². The Labute approximate surface area is 76.7 Å². The van der Waals surface area contributed by atoms with E-state index in [0.717, 1.165) is 16.3 Å². The molecule has 0 saturated carbocycles. The highest BCUT2D eigenvalue weighted by Gasteiger charge is 1.96. The van der Waals surface area contributed by atoms with Crippen molar-refractivity contribution < 1.29 is 0 Å². The normalized spacial score (nSPS) is 10.2. The Morgan fingerprint density at radius 1 is 0.923 bits per heavy atom. The fourth-order valence-electron chi connectivity index (χ4n) is 1.43. The van der Waals surface area contributed by atoms with Crippen molar-refractivity contribution in [3.8, 4) is 0 Å². The molecule has 0 N–H and O–H groups in total. The van der Waals surface area contributed by atoms with Gasteiger partial charge in [0.25, 0.3) is 0 Å². The predicted molar refractivity (Wildman–Crippen MR) is 55.0 cm³/mol. The van der Waals surface area contributed by atoms with E-state index in [2.05, 4.69) is 0 Å². The zero-order valence-electron chi connectivity index (χ0n) is 7.45. The van der Waals surface area contributed by atoms with E-state index in [0.29, 0.717) is 0 Å². The van der Waals surface area contributed by atoms with Gasteiger partial charge in [-0.25, -0.2) is 0 Å². The molecule has 0 atom stereocenters. The third kappa shape index (κ3) is 1.33. The average molecular weight is 170 g/mol. The maximum Gasteiger partial charge on any atom is 0.189 e. The molecule has 0 heterocycles. The molecule has 2 aromatic rings. The maximum atomic E-state index is 11.7. The van der Waals surface area contributed by atoms with Gasteiger partial charge in [0.2, 0.25) is 0 Å². The van der Waals surface area contributed by atoms with Gasteiger partial charge in [0.05, 0.1) is 0 Å². The molecule has 0 bridgehead atoms. The molecule has 2 aromatic carbocycles. The second kappa shape index (κ2) is 3.02. The van der Waals surface area contributed by atoms with Crippen LogP contribution in [0.3, 0.4) is 0 Å². The molecule has 2 rings (SSSR count). The first-order chi connectivity index (χ1) is 6.29.